The molecule has 3 aliphatic rings. The highest BCUT2D eigenvalue weighted by Gasteiger charge is 2.31. The van der Waals surface area contributed by atoms with Gasteiger partial charge in [0.2, 0.25) is 5.91 Å². The molecule has 0 radical (unpaired) electrons. The number of nitrogens with zero attached hydrogens (tertiary/aromatic N) is 9. The van der Waals surface area contributed by atoms with E-state index in [0.29, 0.717) is 29.8 Å². The van der Waals surface area contributed by atoms with Gasteiger partial charge in [-0.05, 0) is 63.6 Å². The number of anilines is 3. The Hall–Kier alpha value is -5.51. The minimum atomic E-state index is -2.84. The van der Waals surface area contributed by atoms with Gasteiger partial charge in [-0.3, -0.25) is 29.5 Å². The number of nitrogens with one attached hydrogen (secondary N) is 2. The molecule has 3 fully saturated rings. The van der Waals surface area contributed by atoms with E-state index in [4.69, 9.17) is 0 Å². The van der Waals surface area contributed by atoms with Gasteiger partial charge in [0.05, 0.1) is 29.8 Å². The van der Waals surface area contributed by atoms with Crippen LogP contribution in [0.15, 0.2) is 61.4 Å². The van der Waals surface area contributed by atoms with E-state index in [1.807, 2.05) is 18.3 Å². The van der Waals surface area contributed by atoms with Crippen LogP contribution >= 0.6 is 0 Å². The van der Waals surface area contributed by atoms with Crippen molar-refractivity contribution in [1.82, 2.24) is 39.6 Å². The van der Waals surface area contributed by atoms with Crippen molar-refractivity contribution in [3.05, 3.63) is 72.7 Å². The summed E-state index contributed by atoms with van der Waals surface area (Å²) < 4.78 is 31.2. The molecule has 0 atom stereocenters. The molecule has 1 aliphatic carbocycles. The van der Waals surface area contributed by atoms with Gasteiger partial charge in [-0.15, -0.1) is 0 Å². The van der Waals surface area contributed by atoms with Crippen molar-refractivity contribution >= 4 is 51.3 Å². The van der Waals surface area contributed by atoms with E-state index in [1.54, 1.807) is 34.2 Å². The third-order valence-electron chi connectivity index (χ3n) is 11.0. The summed E-state index contributed by atoms with van der Waals surface area (Å²) in [6, 6.07) is 7.80. The molecule has 2 N–H and O–H groups in total. The first-order chi connectivity index (χ1) is 25.7. The summed E-state index contributed by atoms with van der Waals surface area (Å²) in [5, 5.41) is 15.3. The average molecular weight is 726 g/mol. The lowest BCUT2D eigenvalue weighted by Crippen LogP contribution is -2.49. The molecule has 1 aromatic carbocycles. The van der Waals surface area contributed by atoms with Gasteiger partial charge in [0, 0.05) is 79.9 Å². The highest BCUT2D eigenvalue weighted by atomic mass is 19.3. The predicted molar refractivity (Wildman–Crippen MR) is 194 cm³/mol. The van der Waals surface area contributed by atoms with Crippen molar-refractivity contribution in [1.29, 1.82) is 0 Å². The molecular formula is C37H41F2N11O3. The van der Waals surface area contributed by atoms with E-state index in [2.05, 4.69) is 53.7 Å². The lowest BCUT2D eigenvalue weighted by atomic mass is 9.85. The van der Waals surface area contributed by atoms with Crippen molar-refractivity contribution < 1.29 is 23.2 Å². The zero-order chi connectivity index (χ0) is 36.6. The summed E-state index contributed by atoms with van der Waals surface area (Å²) in [6.07, 6.45) is 12.6. The molecule has 0 spiro atoms. The van der Waals surface area contributed by atoms with Gasteiger partial charge in [0.25, 0.3) is 12.3 Å². The van der Waals surface area contributed by atoms with Gasteiger partial charge in [0.1, 0.15) is 5.56 Å². The van der Waals surface area contributed by atoms with E-state index in [0.717, 1.165) is 74.6 Å². The van der Waals surface area contributed by atoms with Crippen LogP contribution in [0.4, 0.5) is 30.6 Å². The van der Waals surface area contributed by atoms with Crippen LogP contribution in [0.1, 0.15) is 73.5 Å². The summed E-state index contributed by atoms with van der Waals surface area (Å²) in [6.45, 7) is 3.07. The molecule has 1 saturated carbocycles. The molecule has 53 heavy (non-hydrogen) atoms. The summed E-state index contributed by atoms with van der Waals surface area (Å²) in [7, 11) is 2.20. The van der Waals surface area contributed by atoms with Gasteiger partial charge < -0.3 is 15.1 Å². The molecule has 0 unspecified atom stereocenters. The van der Waals surface area contributed by atoms with Gasteiger partial charge in [0.15, 0.2) is 11.3 Å². The molecule has 4 amide bonds. The van der Waals surface area contributed by atoms with Crippen molar-refractivity contribution in [3.8, 4) is 0 Å². The Labute approximate surface area is 304 Å². The predicted octanol–water partition coefficient (Wildman–Crippen LogP) is 5.44. The van der Waals surface area contributed by atoms with Crippen LogP contribution in [0, 0.1) is 5.92 Å². The van der Waals surface area contributed by atoms with Crippen LogP contribution in [0.25, 0.3) is 16.4 Å². The number of rotatable bonds is 9. The fourth-order valence-electron chi connectivity index (χ4n) is 8.17. The largest absolute Gasteiger partial charge is 0.371 e. The number of hydrogen-bond donors (Lipinski definition) is 2. The van der Waals surface area contributed by atoms with Gasteiger partial charge in [-0.25, -0.2) is 23.1 Å². The highest BCUT2D eigenvalue weighted by Crippen LogP contribution is 2.37. The number of amides is 4. The van der Waals surface area contributed by atoms with Crippen LogP contribution in [0.2, 0.25) is 0 Å². The van der Waals surface area contributed by atoms with Gasteiger partial charge in [-0.1, -0.05) is 12.1 Å². The normalized spacial score (nSPS) is 20.2. The Morgan fingerprint density at radius 3 is 2.58 bits per heavy atom. The van der Waals surface area contributed by atoms with E-state index in [9.17, 15) is 23.2 Å². The third kappa shape index (κ3) is 6.90. The number of benzene rings is 1. The van der Waals surface area contributed by atoms with Crippen molar-refractivity contribution in [2.75, 3.05) is 48.3 Å². The molecule has 0 bridgehead atoms. The second-order valence-electron chi connectivity index (χ2n) is 14.2. The molecule has 14 nitrogen and oxygen atoms in total. The maximum atomic E-state index is 14.0. The Morgan fingerprint density at radius 1 is 1.00 bits per heavy atom. The minimum absolute atomic E-state index is 0.000718. The molecule has 4 aromatic heterocycles. The number of carbonyl (C=O) groups excluding carboxylic acids is 3. The number of aromatic nitrogens is 6. The van der Waals surface area contributed by atoms with E-state index in [-0.39, 0.29) is 29.6 Å². The molecule has 8 rings (SSSR count). The number of pyridine rings is 1. The lowest BCUT2D eigenvalue weighted by Gasteiger charge is -2.40. The summed E-state index contributed by atoms with van der Waals surface area (Å²) in [5.41, 5.74) is 1.88. The summed E-state index contributed by atoms with van der Waals surface area (Å²) in [4.78, 5) is 52.5. The monoisotopic (exact) mass is 725 g/mol. The third-order valence-corrected chi connectivity index (χ3v) is 11.0. The first kappa shape index (κ1) is 34.6. The Kier molecular flexibility index (Phi) is 9.45. The zero-order valence-electron chi connectivity index (χ0n) is 29.4. The maximum Gasteiger partial charge on any atom is 0.328 e. The zero-order valence-corrected chi connectivity index (χ0v) is 29.4. The molecule has 16 heteroatoms. The first-order valence-corrected chi connectivity index (χ1v) is 18.1. The van der Waals surface area contributed by atoms with Crippen LogP contribution in [-0.4, -0.2) is 91.4 Å². The van der Waals surface area contributed by atoms with E-state index < -0.39 is 24.1 Å². The summed E-state index contributed by atoms with van der Waals surface area (Å²) >= 11 is 0. The van der Waals surface area contributed by atoms with Crippen molar-refractivity contribution in [2.24, 2.45) is 5.92 Å². The number of halogens is 2. The number of hydrogen-bond acceptors (Lipinski definition) is 9. The fourth-order valence-corrected chi connectivity index (χ4v) is 8.17. The lowest BCUT2D eigenvalue weighted by molar-refractivity contribution is -0.120. The highest BCUT2D eigenvalue weighted by molar-refractivity contribution is 6.11. The summed E-state index contributed by atoms with van der Waals surface area (Å²) in [5.74, 6) is -0.340. The molecule has 2 saturated heterocycles. The van der Waals surface area contributed by atoms with Crippen molar-refractivity contribution in [3.63, 3.8) is 0 Å². The average Bonchev–Trinajstić information content (AvgIpc) is 3.80. The van der Waals surface area contributed by atoms with Crippen LogP contribution in [0.5, 0.6) is 0 Å². The Morgan fingerprint density at radius 2 is 1.81 bits per heavy atom. The van der Waals surface area contributed by atoms with E-state index >= 15 is 0 Å². The maximum absolute atomic E-state index is 14.0. The molecule has 5 aromatic rings. The topological polar surface area (TPSA) is 146 Å². The minimum Gasteiger partial charge on any atom is -0.371 e. The first-order valence-electron chi connectivity index (χ1n) is 18.1. The molecule has 276 valence electrons. The Bertz CT molecular complexity index is 2150. The number of imide groups is 1. The van der Waals surface area contributed by atoms with Gasteiger partial charge in [-0.2, -0.15) is 10.2 Å². The smallest absolute Gasteiger partial charge is 0.328 e. The quantitative estimate of drug-likeness (QED) is 0.203. The van der Waals surface area contributed by atoms with Crippen LogP contribution in [-0.2, 0) is 4.79 Å². The number of fused-ring (bicyclic) bond motifs is 2. The number of alkyl halides is 2. The number of piperidine rings is 1. The number of carbonyl (C=O) groups is 3. The SMILES string of the molecule is CN(C[C@H]1CC[C@H](n2cc(NC(=O)c3cnn4cccnc34)c(C(F)F)n2)CC1)C1CCN(c2cccc3c(N4CCC(=O)NC4=O)cncc23)CC1. The Balaban J connectivity index is 0.856. The standard InChI is InChI=1S/C37H41F2N11O3/c1-46(24-10-15-47(16-11-24)30-5-2-4-26-27(30)18-40-20-31(26)48-17-12-32(51)44-37(48)53)21-23-6-8-25(9-7-23)50-22-29(33(45-50)34(38)39)43-36(52)28-19-42-49-14-3-13-41-35(28)49/h2-5,13-14,18-20,22-25,34H,6-12,15-17,21H2,1H3,(H,43,52)(H,44,51,53)/t23-,25-. The molecular weight excluding hydrogens is 684 g/mol. The van der Waals surface area contributed by atoms with E-state index in [1.165, 1.54) is 16.9 Å². The van der Waals surface area contributed by atoms with Crippen LogP contribution in [0.3, 0.4) is 0 Å². The van der Waals surface area contributed by atoms with Crippen molar-refractivity contribution in [2.45, 2.75) is 63.5 Å². The second kappa shape index (κ2) is 14.5. The molecule has 2 aliphatic heterocycles. The fraction of sp³-hybridized carbons (Fsp3) is 0.432. The molecule has 6 heterocycles. The number of urea groups is 1. The second-order valence-corrected chi connectivity index (χ2v) is 14.2. The van der Waals surface area contributed by atoms with Gasteiger partial charge >= 0.3 is 6.03 Å². The van der Waals surface area contributed by atoms with Crippen LogP contribution < -0.4 is 20.4 Å².